The summed E-state index contributed by atoms with van der Waals surface area (Å²) in [6.45, 7) is 5.83. The van der Waals surface area contributed by atoms with Gasteiger partial charge in [0, 0.05) is 20.0 Å². The number of rotatable bonds is 6. The molecule has 0 aliphatic carbocycles. The Kier molecular flexibility index (Phi) is 5.75. The van der Waals surface area contributed by atoms with Gasteiger partial charge < -0.3 is 15.2 Å². The highest BCUT2D eigenvalue weighted by atomic mass is 16.5. The van der Waals surface area contributed by atoms with Crippen molar-refractivity contribution in [3.63, 3.8) is 0 Å². The number of aryl methyl sites for hydroxylation is 1. The topological polar surface area (TPSA) is 75.3 Å². The van der Waals surface area contributed by atoms with Gasteiger partial charge in [-0.05, 0) is 18.9 Å². The summed E-state index contributed by atoms with van der Waals surface area (Å²) in [5.74, 6) is 1.91. The van der Waals surface area contributed by atoms with E-state index in [2.05, 4.69) is 37.9 Å². The van der Waals surface area contributed by atoms with Crippen LogP contribution in [-0.4, -0.2) is 29.2 Å². The van der Waals surface area contributed by atoms with Crippen molar-refractivity contribution in [2.24, 2.45) is 4.99 Å². The minimum Gasteiger partial charge on any atom is -0.357 e. The molecule has 1 aromatic heterocycles. The highest BCUT2D eigenvalue weighted by molar-refractivity contribution is 5.79. The van der Waals surface area contributed by atoms with Crippen molar-refractivity contribution >= 4 is 5.96 Å². The Balaban J connectivity index is 1.83. The molecule has 112 valence electrons. The van der Waals surface area contributed by atoms with Crippen LogP contribution in [0.3, 0.4) is 0 Å². The second kappa shape index (κ2) is 8.04. The standard InChI is InChI=1S/C15H21N5O/c1-3-16-15(18-11-14-19-12(2)21-20-14)17-10-9-13-7-5-4-6-8-13/h4-8H,3,9-11H2,1-2H3,(H2,16,17,18). The number of benzene rings is 1. The van der Waals surface area contributed by atoms with E-state index in [-0.39, 0.29) is 0 Å². The van der Waals surface area contributed by atoms with Gasteiger partial charge in [-0.25, -0.2) is 4.99 Å². The molecule has 0 unspecified atom stereocenters. The summed E-state index contributed by atoms with van der Waals surface area (Å²) >= 11 is 0. The van der Waals surface area contributed by atoms with Crippen LogP contribution >= 0.6 is 0 Å². The zero-order valence-electron chi connectivity index (χ0n) is 12.5. The van der Waals surface area contributed by atoms with Crippen molar-refractivity contribution in [2.45, 2.75) is 26.8 Å². The predicted octanol–water partition coefficient (Wildman–Crippen LogP) is 1.68. The smallest absolute Gasteiger partial charge is 0.223 e. The van der Waals surface area contributed by atoms with E-state index in [1.165, 1.54) is 5.56 Å². The molecule has 0 aliphatic heterocycles. The van der Waals surface area contributed by atoms with Crippen molar-refractivity contribution in [1.29, 1.82) is 0 Å². The third-order valence-electron chi connectivity index (χ3n) is 2.84. The second-order valence-corrected chi connectivity index (χ2v) is 4.59. The van der Waals surface area contributed by atoms with E-state index in [0.29, 0.717) is 18.3 Å². The van der Waals surface area contributed by atoms with Gasteiger partial charge in [-0.1, -0.05) is 35.5 Å². The second-order valence-electron chi connectivity index (χ2n) is 4.59. The molecule has 2 rings (SSSR count). The van der Waals surface area contributed by atoms with Crippen LogP contribution in [0.4, 0.5) is 0 Å². The number of guanidine groups is 1. The van der Waals surface area contributed by atoms with E-state index in [1.54, 1.807) is 6.92 Å². The molecule has 6 heteroatoms. The Morgan fingerprint density at radius 1 is 1.24 bits per heavy atom. The van der Waals surface area contributed by atoms with Gasteiger partial charge in [0.1, 0.15) is 6.54 Å². The van der Waals surface area contributed by atoms with Gasteiger partial charge in [0.25, 0.3) is 0 Å². The lowest BCUT2D eigenvalue weighted by molar-refractivity contribution is 0.387. The molecule has 2 aromatic rings. The molecule has 0 saturated carbocycles. The van der Waals surface area contributed by atoms with Gasteiger partial charge in [-0.15, -0.1) is 0 Å². The first-order valence-electron chi connectivity index (χ1n) is 7.13. The molecule has 6 nitrogen and oxygen atoms in total. The van der Waals surface area contributed by atoms with Crippen LogP contribution in [0.2, 0.25) is 0 Å². The molecule has 2 N–H and O–H groups in total. The predicted molar refractivity (Wildman–Crippen MR) is 82.0 cm³/mol. The van der Waals surface area contributed by atoms with Crippen LogP contribution < -0.4 is 10.6 Å². The third kappa shape index (κ3) is 5.25. The number of aliphatic imine (C=N–C) groups is 1. The normalized spacial score (nSPS) is 11.4. The van der Waals surface area contributed by atoms with Gasteiger partial charge in [0.15, 0.2) is 11.8 Å². The zero-order chi connectivity index (χ0) is 14.9. The maximum Gasteiger partial charge on any atom is 0.223 e. The molecular formula is C15H21N5O. The van der Waals surface area contributed by atoms with Crippen molar-refractivity contribution in [2.75, 3.05) is 13.1 Å². The third-order valence-corrected chi connectivity index (χ3v) is 2.84. The first kappa shape index (κ1) is 15.0. The maximum atomic E-state index is 4.92. The molecule has 21 heavy (non-hydrogen) atoms. The quantitative estimate of drug-likeness (QED) is 0.624. The summed E-state index contributed by atoms with van der Waals surface area (Å²) in [4.78, 5) is 8.57. The van der Waals surface area contributed by atoms with Crippen molar-refractivity contribution < 1.29 is 4.52 Å². The number of aromatic nitrogens is 2. The van der Waals surface area contributed by atoms with Gasteiger partial charge in [-0.2, -0.15) is 4.98 Å². The molecular weight excluding hydrogens is 266 g/mol. The SMILES string of the molecule is CCNC(=NCc1noc(C)n1)NCCc1ccccc1. The van der Waals surface area contributed by atoms with Gasteiger partial charge in [-0.3, -0.25) is 0 Å². The molecule has 0 radical (unpaired) electrons. The molecule has 0 amide bonds. The fraction of sp³-hybridized carbons (Fsp3) is 0.400. The summed E-state index contributed by atoms with van der Waals surface area (Å²) in [6, 6.07) is 10.4. The molecule has 0 spiro atoms. The lowest BCUT2D eigenvalue weighted by Crippen LogP contribution is -2.38. The van der Waals surface area contributed by atoms with Gasteiger partial charge in [0.05, 0.1) is 0 Å². The zero-order valence-corrected chi connectivity index (χ0v) is 12.5. The minimum absolute atomic E-state index is 0.401. The highest BCUT2D eigenvalue weighted by Crippen LogP contribution is 1.99. The van der Waals surface area contributed by atoms with Crippen molar-refractivity contribution in [1.82, 2.24) is 20.8 Å². The minimum atomic E-state index is 0.401. The van der Waals surface area contributed by atoms with E-state index < -0.39 is 0 Å². The van der Waals surface area contributed by atoms with Crippen LogP contribution in [0, 0.1) is 6.92 Å². The molecule has 1 aromatic carbocycles. The number of hydrogen-bond acceptors (Lipinski definition) is 4. The Labute approximate surface area is 124 Å². The van der Waals surface area contributed by atoms with Crippen LogP contribution in [0.1, 0.15) is 24.2 Å². The largest absolute Gasteiger partial charge is 0.357 e. The number of hydrogen-bond donors (Lipinski definition) is 2. The van der Waals surface area contributed by atoms with Crippen LogP contribution in [0.5, 0.6) is 0 Å². The van der Waals surface area contributed by atoms with Gasteiger partial charge in [0.2, 0.25) is 5.89 Å². The van der Waals surface area contributed by atoms with Crippen LogP contribution in [0.25, 0.3) is 0 Å². The van der Waals surface area contributed by atoms with Gasteiger partial charge >= 0.3 is 0 Å². The lowest BCUT2D eigenvalue weighted by Gasteiger charge is -2.10. The van der Waals surface area contributed by atoms with Crippen LogP contribution in [-0.2, 0) is 13.0 Å². The van der Waals surface area contributed by atoms with E-state index in [0.717, 1.165) is 25.5 Å². The molecule has 0 fully saturated rings. The van der Waals surface area contributed by atoms with Crippen molar-refractivity contribution in [3.05, 3.63) is 47.6 Å². The van der Waals surface area contributed by atoms with E-state index in [1.807, 2.05) is 25.1 Å². The first-order valence-corrected chi connectivity index (χ1v) is 7.13. The summed E-state index contributed by atoms with van der Waals surface area (Å²) in [6.07, 6.45) is 0.951. The average molecular weight is 287 g/mol. The summed E-state index contributed by atoms with van der Waals surface area (Å²) in [7, 11) is 0. The summed E-state index contributed by atoms with van der Waals surface area (Å²) < 4.78 is 4.92. The highest BCUT2D eigenvalue weighted by Gasteiger charge is 2.02. The fourth-order valence-corrected chi connectivity index (χ4v) is 1.87. The lowest BCUT2D eigenvalue weighted by atomic mass is 10.1. The molecule has 0 aliphatic rings. The molecule has 0 bridgehead atoms. The van der Waals surface area contributed by atoms with E-state index >= 15 is 0 Å². The molecule has 0 atom stereocenters. The monoisotopic (exact) mass is 287 g/mol. The maximum absolute atomic E-state index is 4.92. The van der Waals surface area contributed by atoms with E-state index in [4.69, 9.17) is 4.52 Å². The molecule has 1 heterocycles. The Morgan fingerprint density at radius 2 is 2.05 bits per heavy atom. The summed E-state index contributed by atoms with van der Waals surface area (Å²) in [5.41, 5.74) is 1.30. The van der Waals surface area contributed by atoms with Crippen LogP contribution in [0.15, 0.2) is 39.8 Å². The average Bonchev–Trinajstić information content (AvgIpc) is 2.91. The number of nitrogens with one attached hydrogen (secondary N) is 2. The number of nitrogens with zero attached hydrogens (tertiary/aromatic N) is 3. The van der Waals surface area contributed by atoms with Crippen molar-refractivity contribution in [3.8, 4) is 0 Å². The first-order chi connectivity index (χ1) is 10.3. The fourth-order valence-electron chi connectivity index (χ4n) is 1.87. The molecule has 0 saturated heterocycles. The van der Waals surface area contributed by atoms with E-state index in [9.17, 15) is 0 Å². The Hall–Kier alpha value is -2.37. The summed E-state index contributed by atoms with van der Waals surface area (Å²) in [5, 5.41) is 10.3. The Bertz CT molecular complexity index is 564. The Morgan fingerprint density at radius 3 is 2.71 bits per heavy atom.